The topological polar surface area (TPSA) is 89.5 Å². The van der Waals surface area contributed by atoms with E-state index in [9.17, 15) is 9.59 Å². The lowest BCUT2D eigenvalue weighted by atomic mass is 10.1. The number of hydrogen-bond acceptors (Lipinski definition) is 6. The van der Waals surface area contributed by atoms with Crippen molar-refractivity contribution in [2.24, 2.45) is 0 Å². The van der Waals surface area contributed by atoms with E-state index in [1.807, 2.05) is 36.6 Å². The molecule has 7 nitrogen and oxygen atoms in total. The van der Waals surface area contributed by atoms with Crippen LogP contribution in [0.2, 0.25) is 0 Å². The first-order valence-corrected chi connectivity index (χ1v) is 11.4. The van der Waals surface area contributed by atoms with E-state index in [1.54, 1.807) is 48.0 Å². The maximum absolute atomic E-state index is 13.0. The van der Waals surface area contributed by atoms with E-state index in [-0.39, 0.29) is 11.8 Å². The highest BCUT2D eigenvalue weighted by atomic mass is 32.1. The summed E-state index contributed by atoms with van der Waals surface area (Å²) < 4.78 is 11.2. The summed E-state index contributed by atoms with van der Waals surface area (Å²) in [6.07, 6.45) is 0. The van der Waals surface area contributed by atoms with Crippen LogP contribution in [-0.4, -0.2) is 23.9 Å². The normalized spacial score (nSPS) is 10.4. The lowest BCUT2D eigenvalue weighted by Crippen LogP contribution is -2.18. The number of rotatable bonds is 8. The molecule has 0 spiro atoms. The van der Waals surface area contributed by atoms with Crippen LogP contribution in [0.15, 0.2) is 77.6 Å². The number of thiazole rings is 1. The van der Waals surface area contributed by atoms with E-state index in [0.717, 1.165) is 11.3 Å². The van der Waals surface area contributed by atoms with Crippen molar-refractivity contribution < 1.29 is 19.1 Å². The molecule has 3 aromatic carbocycles. The fourth-order valence-electron chi connectivity index (χ4n) is 3.29. The summed E-state index contributed by atoms with van der Waals surface area (Å²) in [5.74, 6) is 0.239. The van der Waals surface area contributed by atoms with Crippen LogP contribution in [-0.2, 0) is 6.61 Å². The van der Waals surface area contributed by atoms with Crippen molar-refractivity contribution in [2.75, 3.05) is 17.7 Å². The average molecular weight is 474 g/mol. The molecule has 8 heteroatoms. The van der Waals surface area contributed by atoms with Gasteiger partial charge in [-0.15, -0.1) is 11.3 Å². The quantitative estimate of drug-likeness (QED) is 0.351. The molecule has 0 saturated heterocycles. The summed E-state index contributed by atoms with van der Waals surface area (Å²) in [6, 6.07) is 19.3. The Bertz CT molecular complexity index is 1310. The van der Waals surface area contributed by atoms with Crippen LogP contribution in [0.4, 0.5) is 11.4 Å². The highest BCUT2D eigenvalue weighted by molar-refractivity contribution is 7.07. The van der Waals surface area contributed by atoms with Crippen LogP contribution in [0.5, 0.6) is 11.5 Å². The number of ether oxygens (including phenoxy) is 2. The molecule has 2 N–H and O–H groups in total. The number of aryl methyl sites for hydroxylation is 1. The zero-order chi connectivity index (χ0) is 23.9. The van der Waals surface area contributed by atoms with Gasteiger partial charge >= 0.3 is 0 Å². The standard InChI is InChI=1S/C26H23N3O4S/c1-17-6-5-7-19(12-17)28-26(31)21-8-3-4-9-22(21)29-25(30)18-10-11-23(24(13-18)32-2)33-14-20-15-34-16-27-20/h3-13,15-16H,14H2,1-2H3,(H,28,31)(H,29,30). The van der Waals surface area contributed by atoms with Crippen molar-refractivity contribution in [3.8, 4) is 11.5 Å². The Morgan fingerprint density at radius 3 is 2.56 bits per heavy atom. The second-order valence-corrected chi connectivity index (χ2v) is 8.18. The van der Waals surface area contributed by atoms with Crippen LogP contribution in [0.1, 0.15) is 32.0 Å². The molecule has 0 saturated carbocycles. The second kappa shape index (κ2) is 10.6. The van der Waals surface area contributed by atoms with Gasteiger partial charge in [0.1, 0.15) is 6.61 Å². The predicted molar refractivity (Wildman–Crippen MR) is 133 cm³/mol. The van der Waals surface area contributed by atoms with Crippen molar-refractivity contribution in [1.29, 1.82) is 0 Å². The minimum atomic E-state index is -0.375. The smallest absolute Gasteiger partial charge is 0.257 e. The van der Waals surface area contributed by atoms with Gasteiger partial charge in [0.15, 0.2) is 11.5 Å². The predicted octanol–water partition coefficient (Wildman–Crippen LogP) is 5.54. The summed E-state index contributed by atoms with van der Waals surface area (Å²) in [5, 5.41) is 7.60. The molecule has 0 aliphatic carbocycles. The average Bonchev–Trinajstić information content (AvgIpc) is 3.36. The van der Waals surface area contributed by atoms with Gasteiger partial charge in [-0.1, -0.05) is 24.3 Å². The van der Waals surface area contributed by atoms with E-state index in [0.29, 0.717) is 40.6 Å². The third-order valence-electron chi connectivity index (χ3n) is 4.98. The van der Waals surface area contributed by atoms with Gasteiger partial charge in [-0.2, -0.15) is 0 Å². The molecule has 0 aliphatic rings. The Morgan fingerprint density at radius 2 is 1.79 bits per heavy atom. The number of nitrogens with one attached hydrogen (secondary N) is 2. The molecule has 1 aromatic heterocycles. The van der Waals surface area contributed by atoms with E-state index in [4.69, 9.17) is 9.47 Å². The van der Waals surface area contributed by atoms with Crippen molar-refractivity contribution in [3.05, 3.63) is 100 Å². The van der Waals surface area contributed by atoms with Gasteiger partial charge in [-0.05, 0) is 55.0 Å². The van der Waals surface area contributed by atoms with E-state index in [2.05, 4.69) is 15.6 Å². The molecule has 172 valence electrons. The Labute approximate surface area is 201 Å². The molecule has 4 aromatic rings. The minimum absolute atomic E-state index is 0.300. The molecule has 34 heavy (non-hydrogen) atoms. The van der Waals surface area contributed by atoms with Crippen LogP contribution in [0.25, 0.3) is 0 Å². The lowest BCUT2D eigenvalue weighted by Gasteiger charge is -2.14. The highest BCUT2D eigenvalue weighted by Gasteiger charge is 2.16. The molecular weight excluding hydrogens is 450 g/mol. The van der Waals surface area contributed by atoms with Crippen molar-refractivity contribution in [2.45, 2.75) is 13.5 Å². The number of amides is 2. The molecule has 0 atom stereocenters. The molecule has 0 unspecified atom stereocenters. The molecule has 1 heterocycles. The number of hydrogen-bond donors (Lipinski definition) is 2. The van der Waals surface area contributed by atoms with Crippen molar-refractivity contribution in [1.82, 2.24) is 4.98 Å². The summed E-state index contributed by atoms with van der Waals surface area (Å²) in [6.45, 7) is 2.25. The van der Waals surface area contributed by atoms with Gasteiger partial charge in [0, 0.05) is 16.6 Å². The molecule has 2 amide bonds. The summed E-state index contributed by atoms with van der Waals surface area (Å²) in [7, 11) is 1.51. The number of nitrogens with zero attached hydrogens (tertiary/aromatic N) is 1. The first-order chi connectivity index (χ1) is 16.5. The van der Waals surface area contributed by atoms with Crippen LogP contribution < -0.4 is 20.1 Å². The first kappa shape index (κ1) is 23.0. The summed E-state index contributed by atoms with van der Waals surface area (Å²) in [5.41, 5.74) is 5.40. The van der Waals surface area contributed by atoms with Gasteiger partial charge in [0.05, 0.1) is 29.6 Å². The van der Waals surface area contributed by atoms with E-state index < -0.39 is 0 Å². The Balaban J connectivity index is 1.48. The Kier molecular flexibility index (Phi) is 7.19. The SMILES string of the molecule is COc1cc(C(=O)Nc2ccccc2C(=O)Nc2cccc(C)c2)ccc1OCc1cscn1. The largest absolute Gasteiger partial charge is 0.493 e. The zero-order valence-corrected chi connectivity index (χ0v) is 19.5. The highest BCUT2D eigenvalue weighted by Crippen LogP contribution is 2.29. The van der Waals surface area contributed by atoms with Gasteiger partial charge in [0.25, 0.3) is 11.8 Å². The van der Waals surface area contributed by atoms with Gasteiger partial charge in [0.2, 0.25) is 0 Å². The van der Waals surface area contributed by atoms with Crippen molar-refractivity contribution in [3.63, 3.8) is 0 Å². The molecule has 0 aliphatic heterocycles. The number of carbonyl (C=O) groups excluding carboxylic acids is 2. The third-order valence-corrected chi connectivity index (χ3v) is 5.62. The van der Waals surface area contributed by atoms with Crippen LogP contribution in [0.3, 0.4) is 0 Å². The maximum Gasteiger partial charge on any atom is 0.257 e. The summed E-state index contributed by atoms with van der Waals surface area (Å²) in [4.78, 5) is 30.0. The second-order valence-electron chi connectivity index (χ2n) is 7.46. The van der Waals surface area contributed by atoms with Gasteiger partial charge in [-0.25, -0.2) is 4.98 Å². The minimum Gasteiger partial charge on any atom is -0.493 e. The number of carbonyl (C=O) groups is 2. The molecule has 0 fully saturated rings. The molecular formula is C26H23N3O4S. The van der Waals surface area contributed by atoms with Crippen LogP contribution in [0, 0.1) is 6.92 Å². The maximum atomic E-state index is 13.0. The van der Waals surface area contributed by atoms with Crippen molar-refractivity contribution >= 4 is 34.5 Å². The van der Waals surface area contributed by atoms with Crippen LogP contribution >= 0.6 is 11.3 Å². The van der Waals surface area contributed by atoms with Gasteiger partial charge in [-0.3, -0.25) is 9.59 Å². The Hall–Kier alpha value is -4.17. The number of aromatic nitrogens is 1. The first-order valence-electron chi connectivity index (χ1n) is 10.5. The lowest BCUT2D eigenvalue weighted by molar-refractivity contribution is 0.102. The number of methoxy groups -OCH3 is 1. The fourth-order valence-corrected chi connectivity index (χ4v) is 3.84. The van der Waals surface area contributed by atoms with E-state index in [1.165, 1.54) is 18.4 Å². The van der Waals surface area contributed by atoms with Gasteiger partial charge < -0.3 is 20.1 Å². The summed E-state index contributed by atoms with van der Waals surface area (Å²) >= 11 is 1.49. The van der Waals surface area contributed by atoms with E-state index >= 15 is 0 Å². The zero-order valence-electron chi connectivity index (χ0n) is 18.7. The number of para-hydroxylation sites is 1. The monoisotopic (exact) mass is 473 g/mol. The fraction of sp³-hybridized carbons (Fsp3) is 0.115. The third kappa shape index (κ3) is 5.60. The molecule has 4 rings (SSSR count). The number of anilines is 2. The number of benzene rings is 3. The molecule has 0 bridgehead atoms. The Morgan fingerprint density at radius 1 is 0.941 bits per heavy atom. The molecule has 0 radical (unpaired) electrons.